The number of hydrogen-bond donors (Lipinski definition) is 2. The molecule has 28 heavy (non-hydrogen) atoms. The number of anilines is 2. The fourth-order valence-corrected chi connectivity index (χ4v) is 4.68. The molecule has 2 N–H and O–H groups in total. The minimum absolute atomic E-state index is 0.110. The number of carbonyl (C=O) groups excluding carboxylic acids is 1. The zero-order valence-electron chi connectivity index (χ0n) is 16.0. The lowest BCUT2D eigenvalue weighted by atomic mass is 9.90. The lowest BCUT2D eigenvalue weighted by molar-refractivity contribution is -0.114. The number of aromatic nitrogens is 1. The van der Waals surface area contributed by atoms with E-state index in [2.05, 4.69) is 21.6 Å². The Bertz CT molecular complexity index is 1010. The fourth-order valence-electron chi connectivity index (χ4n) is 3.76. The molecule has 0 saturated carbocycles. The Morgan fingerprint density at radius 2 is 1.96 bits per heavy atom. The van der Waals surface area contributed by atoms with Gasteiger partial charge >= 0.3 is 0 Å². The SMILES string of the molecule is CC(=O)Nc1nc2c(N3CCNCC3)c(C(C)c3ccccc3F)ccc2s1. The number of nitrogens with zero attached hydrogens (tertiary/aromatic N) is 2. The molecule has 0 spiro atoms. The van der Waals surface area contributed by atoms with E-state index in [1.54, 1.807) is 6.07 Å². The molecule has 1 aliphatic heterocycles. The maximum atomic E-state index is 14.5. The van der Waals surface area contributed by atoms with E-state index in [1.807, 2.05) is 25.1 Å². The van der Waals surface area contributed by atoms with Gasteiger partial charge < -0.3 is 15.5 Å². The maximum absolute atomic E-state index is 14.5. The summed E-state index contributed by atoms with van der Waals surface area (Å²) < 4.78 is 15.5. The minimum atomic E-state index is -0.196. The summed E-state index contributed by atoms with van der Waals surface area (Å²) in [6.07, 6.45) is 0. The number of nitrogens with one attached hydrogen (secondary N) is 2. The standard InChI is InChI=1S/C21H23FN4OS/c1-13(15-5-3-4-6-17(15)22)16-7-8-18-19(25-21(28-18)24-14(2)27)20(16)26-11-9-23-10-12-26/h3-8,13,23H,9-12H2,1-2H3,(H,24,25,27). The van der Waals surface area contributed by atoms with Gasteiger partial charge in [0.25, 0.3) is 0 Å². The first-order valence-electron chi connectivity index (χ1n) is 9.45. The molecule has 0 aliphatic carbocycles. The van der Waals surface area contributed by atoms with Crippen molar-refractivity contribution in [2.24, 2.45) is 0 Å². The second kappa shape index (κ2) is 7.85. The van der Waals surface area contributed by atoms with Crippen LogP contribution in [0.15, 0.2) is 36.4 Å². The highest BCUT2D eigenvalue weighted by Crippen LogP contribution is 2.41. The third-order valence-electron chi connectivity index (χ3n) is 5.12. The molecule has 1 saturated heterocycles. The third-order valence-corrected chi connectivity index (χ3v) is 6.06. The second-order valence-corrected chi connectivity index (χ2v) is 8.06. The van der Waals surface area contributed by atoms with Gasteiger partial charge in [-0.25, -0.2) is 9.37 Å². The number of rotatable bonds is 4. The molecule has 1 amide bonds. The summed E-state index contributed by atoms with van der Waals surface area (Å²) in [4.78, 5) is 18.5. The average Bonchev–Trinajstić information content (AvgIpc) is 3.09. The van der Waals surface area contributed by atoms with E-state index in [1.165, 1.54) is 24.3 Å². The maximum Gasteiger partial charge on any atom is 0.223 e. The topological polar surface area (TPSA) is 57.3 Å². The number of thiazole rings is 1. The van der Waals surface area contributed by atoms with Gasteiger partial charge in [0.05, 0.1) is 10.4 Å². The van der Waals surface area contributed by atoms with Crippen molar-refractivity contribution in [2.45, 2.75) is 19.8 Å². The summed E-state index contributed by atoms with van der Waals surface area (Å²) in [5.41, 5.74) is 3.65. The number of hydrogen-bond acceptors (Lipinski definition) is 5. The fraction of sp³-hybridized carbons (Fsp3) is 0.333. The molecule has 3 aromatic rings. The van der Waals surface area contributed by atoms with Crippen LogP contribution in [-0.2, 0) is 4.79 Å². The van der Waals surface area contributed by atoms with Gasteiger partial charge in [-0.15, -0.1) is 0 Å². The zero-order chi connectivity index (χ0) is 19.7. The molecule has 2 aromatic carbocycles. The Kier molecular flexibility index (Phi) is 5.28. The monoisotopic (exact) mass is 398 g/mol. The van der Waals surface area contributed by atoms with Crippen LogP contribution in [0.4, 0.5) is 15.2 Å². The smallest absolute Gasteiger partial charge is 0.223 e. The van der Waals surface area contributed by atoms with Gasteiger partial charge in [-0.1, -0.05) is 42.5 Å². The lowest BCUT2D eigenvalue weighted by Crippen LogP contribution is -2.44. The number of amides is 1. The highest BCUT2D eigenvalue weighted by atomic mass is 32.1. The number of carbonyl (C=O) groups is 1. The van der Waals surface area contributed by atoms with Crippen molar-refractivity contribution >= 4 is 38.3 Å². The summed E-state index contributed by atoms with van der Waals surface area (Å²) >= 11 is 1.46. The number of benzene rings is 2. The number of halogens is 1. The Balaban J connectivity index is 1.87. The lowest BCUT2D eigenvalue weighted by Gasteiger charge is -2.32. The van der Waals surface area contributed by atoms with Crippen molar-refractivity contribution < 1.29 is 9.18 Å². The molecule has 5 nitrogen and oxygen atoms in total. The van der Waals surface area contributed by atoms with Crippen LogP contribution in [-0.4, -0.2) is 37.1 Å². The van der Waals surface area contributed by atoms with Crippen LogP contribution in [0.3, 0.4) is 0 Å². The molecular formula is C21H23FN4OS. The van der Waals surface area contributed by atoms with Crippen molar-refractivity contribution in [3.05, 3.63) is 53.3 Å². The Morgan fingerprint density at radius 1 is 1.21 bits per heavy atom. The average molecular weight is 399 g/mol. The predicted octanol–water partition coefficient (Wildman–Crippen LogP) is 3.96. The highest BCUT2D eigenvalue weighted by molar-refractivity contribution is 7.22. The summed E-state index contributed by atoms with van der Waals surface area (Å²) in [6, 6.07) is 11.0. The van der Waals surface area contributed by atoms with Crippen LogP contribution in [0.1, 0.15) is 30.9 Å². The Morgan fingerprint density at radius 3 is 2.68 bits per heavy atom. The van der Waals surface area contributed by atoms with Gasteiger partial charge in [0.2, 0.25) is 5.91 Å². The highest BCUT2D eigenvalue weighted by Gasteiger charge is 2.24. The van der Waals surface area contributed by atoms with Gasteiger partial charge in [-0.05, 0) is 23.3 Å². The molecule has 1 unspecified atom stereocenters. The van der Waals surface area contributed by atoms with Crippen LogP contribution >= 0.6 is 11.3 Å². The molecule has 146 valence electrons. The van der Waals surface area contributed by atoms with E-state index in [0.717, 1.165) is 47.6 Å². The quantitative estimate of drug-likeness (QED) is 0.699. The van der Waals surface area contributed by atoms with Gasteiger partial charge in [0.15, 0.2) is 5.13 Å². The van der Waals surface area contributed by atoms with Gasteiger partial charge in [0, 0.05) is 39.0 Å². The molecule has 1 atom stereocenters. The van der Waals surface area contributed by atoms with E-state index < -0.39 is 0 Å². The molecule has 0 bridgehead atoms. The predicted molar refractivity (Wildman–Crippen MR) is 113 cm³/mol. The summed E-state index contributed by atoms with van der Waals surface area (Å²) in [7, 11) is 0. The van der Waals surface area contributed by atoms with E-state index in [4.69, 9.17) is 4.98 Å². The molecule has 1 aliphatic rings. The van der Waals surface area contributed by atoms with Crippen molar-refractivity contribution in [1.29, 1.82) is 0 Å². The first-order chi connectivity index (χ1) is 13.5. The normalized spacial score (nSPS) is 15.6. The van der Waals surface area contributed by atoms with Gasteiger partial charge in [-0.2, -0.15) is 0 Å². The zero-order valence-corrected chi connectivity index (χ0v) is 16.8. The third kappa shape index (κ3) is 3.59. The van der Waals surface area contributed by atoms with Crippen LogP contribution in [0.2, 0.25) is 0 Å². The molecular weight excluding hydrogens is 375 g/mol. The Labute approximate surface area is 167 Å². The van der Waals surface area contributed by atoms with Crippen molar-refractivity contribution in [3.63, 3.8) is 0 Å². The van der Waals surface area contributed by atoms with Crippen molar-refractivity contribution in [1.82, 2.24) is 10.3 Å². The van der Waals surface area contributed by atoms with E-state index in [-0.39, 0.29) is 17.6 Å². The number of fused-ring (bicyclic) bond motifs is 1. The van der Waals surface area contributed by atoms with Gasteiger partial charge in [-0.3, -0.25) is 4.79 Å². The van der Waals surface area contributed by atoms with Crippen molar-refractivity contribution in [2.75, 3.05) is 36.4 Å². The van der Waals surface area contributed by atoms with Crippen LogP contribution in [0, 0.1) is 5.82 Å². The molecule has 7 heteroatoms. The molecule has 1 aromatic heterocycles. The van der Waals surface area contributed by atoms with E-state index in [9.17, 15) is 9.18 Å². The van der Waals surface area contributed by atoms with Crippen LogP contribution in [0.5, 0.6) is 0 Å². The van der Waals surface area contributed by atoms with E-state index in [0.29, 0.717) is 10.7 Å². The van der Waals surface area contributed by atoms with Crippen LogP contribution < -0.4 is 15.5 Å². The molecule has 0 radical (unpaired) electrons. The van der Waals surface area contributed by atoms with E-state index >= 15 is 0 Å². The number of piperazine rings is 1. The molecule has 2 heterocycles. The van der Waals surface area contributed by atoms with Gasteiger partial charge in [0.1, 0.15) is 11.3 Å². The summed E-state index contributed by atoms with van der Waals surface area (Å²) in [6.45, 7) is 7.03. The first-order valence-corrected chi connectivity index (χ1v) is 10.3. The van der Waals surface area contributed by atoms with Crippen molar-refractivity contribution in [3.8, 4) is 0 Å². The Hall–Kier alpha value is -2.51. The summed E-state index contributed by atoms with van der Waals surface area (Å²) in [5, 5.41) is 6.76. The minimum Gasteiger partial charge on any atom is -0.367 e. The molecule has 4 rings (SSSR count). The summed E-state index contributed by atoms with van der Waals surface area (Å²) in [5.74, 6) is -0.442. The largest absolute Gasteiger partial charge is 0.367 e. The van der Waals surface area contributed by atoms with Crippen LogP contribution in [0.25, 0.3) is 10.2 Å². The first kappa shape index (κ1) is 18.8. The second-order valence-electron chi connectivity index (χ2n) is 7.03. The molecule has 1 fully saturated rings.